The van der Waals surface area contributed by atoms with E-state index < -0.39 is 16.4 Å². The minimum atomic E-state index is -3.74. The fraction of sp³-hybridized carbons (Fsp3) is 0.467. The third-order valence-corrected chi connectivity index (χ3v) is 6.56. The van der Waals surface area contributed by atoms with Crippen LogP contribution < -0.4 is 0 Å². The van der Waals surface area contributed by atoms with E-state index in [1.165, 1.54) is 32.1 Å². The molecule has 3 aromatic rings. The summed E-state index contributed by atoms with van der Waals surface area (Å²) in [7, 11) is -2.15. The lowest BCUT2D eigenvalue weighted by Gasteiger charge is -2.31. The van der Waals surface area contributed by atoms with Crippen molar-refractivity contribution in [2.45, 2.75) is 30.2 Å². The van der Waals surface area contributed by atoms with Gasteiger partial charge < -0.3 is 0 Å². The fourth-order valence-corrected chi connectivity index (χ4v) is 4.79. The van der Waals surface area contributed by atoms with Gasteiger partial charge in [0.05, 0.1) is 6.20 Å². The van der Waals surface area contributed by atoms with Gasteiger partial charge in [-0.1, -0.05) is 5.21 Å². The molecule has 1 aliphatic rings. The SMILES string of the molecule is Cn1cc(S(=O)(=O)N2CCC(c3cn4ncnc4cc3C(F)F)CC2)nn1. The Balaban J connectivity index is 1.57. The fourth-order valence-electron chi connectivity index (χ4n) is 3.40. The standard InChI is InChI=1S/C15H17F2N7O2S/c1-22-8-14(20-21-22)27(25,26)23-4-2-10(3-5-23)12-7-24-13(18-9-19-24)6-11(12)15(16)17/h6-10,15H,2-5H2,1H3. The molecule has 0 bridgehead atoms. The number of rotatable bonds is 4. The molecule has 3 aromatic heterocycles. The molecule has 27 heavy (non-hydrogen) atoms. The first-order valence-electron chi connectivity index (χ1n) is 8.34. The Bertz CT molecular complexity index is 1070. The van der Waals surface area contributed by atoms with Crippen molar-refractivity contribution in [2.24, 2.45) is 7.05 Å². The van der Waals surface area contributed by atoms with E-state index in [2.05, 4.69) is 20.4 Å². The lowest BCUT2D eigenvalue weighted by molar-refractivity contribution is 0.148. The van der Waals surface area contributed by atoms with Crippen molar-refractivity contribution >= 4 is 15.7 Å². The lowest BCUT2D eigenvalue weighted by Crippen LogP contribution is -2.38. The summed E-state index contributed by atoms with van der Waals surface area (Å²) in [4.78, 5) is 3.94. The average Bonchev–Trinajstić information content (AvgIpc) is 3.29. The molecular formula is C15H17F2N7O2S. The van der Waals surface area contributed by atoms with E-state index in [1.807, 2.05) is 0 Å². The molecule has 12 heteroatoms. The van der Waals surface area contributed by atoms with Gasteiger partial charge >= 0.3 is 0 Å². The van der Waals surface area contributed by atoms with Crippen LogP contribution >= 0.6 is 0 Å². The summed E-state index contributed by atoms with van der Waals surface area (Å²) in [6, 6.07) is 1.34. The largest absolute Gasteiger partial charge is 0.264 e. The van der Waals surface area contributed by atoms with E-state index in [0.29, 0.717) is 24.1 Å². The number of sulfonamides is 1. The Morgan fingerprint density at radius 1 is 1.22 bits per heavy atom. The van der Waals surface area contributed by atoms with Crippen molar-refractivity contribution in [3.05, 3.63) is 35.9 Å². The van der Waals surface area contributed by atoms with Gasteiger partial charge in [-0.3, -0.25) is 4.68 Å². The number of piperidine rings is 1. The maximum Gasteiger partial charge on any atom is 0.264 e. The summed E-state index contributed by atoms with van der Waals surface area (Å²) in [5.74, 6) is -0.184. The Morgan fingerprint density at radius 3 is 2.59 bits per heavy atom. The van der Waals surface area contributed by atoms with Crippen molar-refractivity contribution in [1.82, 2.24) is 33.9 Å². The van der Waals surface area contributed by atoms with Crippen molar-refractivity contribution in [3.63, 3.8) is 0 Å². The highest BCUT2D eigenvalue weighted by Crippen LogP contribution is 2.36. The van der Waals surface area contributed by atoms with E-state index in [1.54, 1.807) is 13.2 Å². The molecule has 0 radical (unpaired) electrons. The van der Waals surface area contributed by atoms with Crippen molar-refractivity contribution in [3.8, 4) is 0 Å². The van der Waals surface area contributed by atoms with Gasteiger partial charge in [-0.05, 0) is 30.4 Å². The van der Waals surface area contributed by atoms with Crippen molar-refractivity contribution < 1.29 is 17.2 Å². The average molecular weight is 397 g/mol. The first kappa shape index (κ1) is 17.9. The quantitative estimate of drug-likeness (QED) is 0.659. The molecule has 0 aliphatic carbocycles. The number of pyridine rings is 1. The second-order valence-corrected chi connectivity index (χ2v) is 8.34. The Hall–Kier alpha value is -2.47. The topological polar surface area (TPSA) is 98.3 Å². The van der Waals surface area contributed by atoms with Crippen LogP contribution in [0.25, 0.3) is 5.65 Å². The van der Waals surface area contributed by atoms with Crippen molar-refractivity contribution in [1.29, 1.82) is 0 Å². The predicted molar refractivity (Wildman–Crippen MR) is 89.7 cm³/mol. The molecule has 0 amide bonds. The highest BCUT2D eigenvalue weighted by Gasteiger charge is 2.33. The van der Waals surface area contributed by atoms with Gasteiger partial charge in [0.25, 0.3) is 16.4 Å². The number of aromatic nitrogens is 6. The van der Waals surface area contributed by atoms with Crippen LogP contribution in [0, 0.1) is 0 Å². The van der Waals surface area contributed by atoms with Gasteiger partial charge in [-0.25, -0.2) is 26.7 Å². The molecule has 1 saturated heterocycles. The molecule has 1 aliphatic heterocycles. The normalized spacial score (nSPS) is 17.2. The number of fused-ring (bicyclic) bond motifs is 1. The zero-order valence-electron chi connectivity index (χ0n) is 14.4. The molecule has 0 unspecified atom stereocenters. The van der Waals surface area contributed by atoms with Gasteiger partial charge in [0.2, 0.25) is 5.03 Å². The van der Waals surface area contributed by atoms with Crippen LogP contribution in [0.4, 0.5) is 8.78 Å². The highest BCUT2D eigenvalue weighted by molar-refractivity contribution is 7.89. The first-order chi connectivity index (χ1) is 12.9. The summed E-state index contributed by atoms with van der Waals surface area (Å²) in [6.07, 6.45) is 2.45. The molecular weight excluding hydrogens is 380 g/mol. The molecule has 0 saturated carbocycles. The van der Waals surface area contributed by atoms with E-state index in [9.17, 15) is 17.2 Å². The minimum absolute atomic E-state index is 0.0780. The van der Waals surface area contributed by atoms with Gasteiger partial charge in [0.15, 0.2) is 5.65 Å². The second kappa shape index (κ2) is 6.60. The van der Waals surface area contributed by atoms with E-state index >= 15 is 0 Å². The molecule has 0 N–H and O–H groups in total. The summed E-state index contributed by atoms with van der Waals surface area (Å²) >= 11 is 0. The molecule has 0 spiro atoms. The van der Waals surface area contributed by atoms with Crippen molar-refractivity contribution in [2.75, 3.05) is 13.1 Å². The number of alkyl halides is 2. The van der Waals surface area contributed by atoms with Gasteiger partial charge in [-0.2, -0.15) is 9.40 Å². The molecule has 144 valence electrons. The number of hydrogen-bond donors (Lipinski definition) is 0. The molecule has 9 nitrogen and oxygen atoms in total. The predicted octanol–water partition coefficient (Wildman–Crippen LogP) is 1.36. The van der Waals surface area contributed by atoms with E-state index in [0.717, 1.165) is 0 Å². The van der Waals surface area contributed by atoms with Crippen LogP contribution in [0.15, 0.2) is 29.8 Å². The van der Waals surface area contributed by atoms with Gasteiger partial charge in [0, 0.05) is 31.9 Å². The van der Waals surface area contributed by atoms with Crippen LogP contribution in [0.5, 0.6) is 0 Å². The van der Waals surface area contributed by atoms with E-state index in [-0.39, 0.29) is 29.6 Å². The van der Waals surface area contributed by atoms with Gasteiger partial charge in [-0.15, -0.1) is 5.10 Å². The Kier molecular flexibility index (Phi) is 4.38. The number of nitrogens with zero attached hydrogens (tertiary/aromatic N) is 7. The Labute approximate surface area is 153 Å². The van der Waals surface area contributed by atoms with Crippen LogP contribution in [-0.2, 0) is 17.1 Å². The maximum atomic E-state index is 13.5. The summed E-state index contributed by atoms with van der Waals surface area (Å²) in [6.45, 7) is 0.448. The smallest absolute Gasteiger partial charge is 0.254 e. The number of hydrogen-bond acceptors (Lipinski definition) is 6. The third-order valence-electron chi connectivity index (χ3n) is 4.79. The molecule has 4 heterocycles. The molecule has 1 fully saturated rings. The minimum Gasteiger partial charge on any atom is -0.254 e. The van der Waals surface area contributed by atoms with Crippen LogP contribution in [0.1, 0.15) is 36.3 Å². The monoisotopic (exact) mass is 397 g/mol. The molecule has 4 rings (SSSR count). The maximum absolute atomic E-state index is 13.5. The first-order valence-corrected chi connectivity index (χ1v) is 9.78. The summed E-state index contributed by atoms with van der Waals surface area (Å²) < 4.78 is 56.4. The summed E-state index contributed by atoms with van der Waals surface area (Å²) in [5, 5.41) is 11.2. The molecule has 0 aromatic carbocycles. The third kappa shape index (κ3) is 3.18. The number of halogens is 2. The lowest BCUT2D eigenvalue weighted by atomic mass is 9.88. The zero-order chi connectivity index (χ0) is 19.2. The zero-order valence-corrected chi connectivity index (χ0v) is 15.2. The van der Waals surface area contributed by atoms with Crippen LogP contribution in [-0.4, -0.2) is 55.4 Å². The van der Waals surface area contributed by atoms with Gasteiger partial charge in [0.1, 0.15) is 6.33 Å². The van der Waals surface area contributed by atoms with Crippen LogP contribution in [0.3, 0.4) is 0 Å². The number of aryl methyl sites for hydroxylation is 1. The highest BCUT2D eigenvalue weighted by atomic mass is 32.2. The Morgan fingerprint density at radius 2 is 1.96 bits per heavy atom. The second-order valence-electron chi connectivity index (χ2n) is 6.46. The molecule has 0 atom stereocenters. The van der Waals surface area contributed by atoms with Crippen LogP contribution in [0.2, 0.25) is 0 Å². The van der Waals surface area contributed by atoms with E-state index in [4.69, 9.17) is 0 Å². The summed E-state index contributed by atoms with van der Waals surface area (Å²) in [5.41, 5.74) is 0.766.